The van der Waals surface area contributed by atoms with Gasteiger partial charge < -0.3 is 24.1 Å². The van der Waals surface area contributed by atoms with E-state index in [1.54, 1.807) is 18.3 Å². The number of ether oxygens (including phenoxy) is 2. The zero-order valence-corrected chi connectivity index (χ0v) is 22.8. The second-order valence-electron chi connectivity index (χ2n) is 9.94. The average Bonchev–Trinajstić information content (AvgIpc) is 3.25. The fourth-order valence-corrected chi connectivity index (χ4v) is 6.02. The maximum absolute atomic E-state index is 11.4. The number of hydrogen-bond acceptors (Lipinski definition) is 9. The van der Waals surface area contributed by atoms with Crippen molar-refractivity contribution in [3.63, 3.8) is 0 Å². The van der Waals surface area contributed by atoms with Gasteiger partial charge in [-0.1, -0.05) is 6.07 Å². The highest BCUT2D eigenvalue weighted by Gasteiger charge is 2.24. The summed E-state index contributed by atoms with van der Waals surface area (Å²) >= 11 is 1.74. The average molecular weight is 524 g/mol. The van der Waals surface area contributed by atoms with Crippen LogP contribution in [0.3, 0.4) is 0 Å². The van der Waals surface area contributed by atoms with E-state index in [1.807, 2.05) is 12.3 Å². The van der Waals surface area contributed by atoms with Crippen molar-refractivity contribution in [2.45, 2.75) is 39.7 Å². The molecule has 1 aromatic carbocycles. The van der Waals surface area contributed by atoms with Gasteiger partial charge >= 0.3 is 0 Å². The lowest BCUT2D eigenvalue weighted by Gasteiger charge is -2.28. The van der Waals surface area contributed by atoms with Crippen LogP contribution in [0.4, 0.5) is 10.8 Å². The lowest BCUT2D eigenvalue weighted by atomic mass is 10.1. The Labute approximate surface area is 223 Å². The highest BCUT2D eigenvalue weighted by atomic mass is 32.1. The minimum absolute atomic E-state index is 0.200. The number of hydrogen-bond donors (Lipinski definition) is 0. The number of benzene rings is 1. The Morgan fingerprint density at radius 2 is 2.00 bits per heavy atom. The van der Waals surface area contributed by atoms with Gasteiger partial charge in [0.2, 0.25) is 0 Å². The number of ketones is 1. The van der Waals surface area contributed by atoms with Crippen LogP contribution in [-0.2, 0) is 16.1 Å². The molecule has 0 bridgehead atoms. The molecule has 0 amide bonds. The summed E-state index contributed by atoms with van der Waals surface area (Å²) in [6, 6.07) is 6.27. The SMILES string of the molecule is CC(=O)CCCOc1c(C)cc2cccnc2c1N1CCCN(Cc2csc(N3CCOCC3)n2)CC1. The highest BCUT2D eigenvalue weighted by molar-refractivity contribution is 7.13. The number of aryl methyl sites for hydroxylation is 1. The van der Waals surface area contributed by atoms with Crippen molar-refractivity contribution in [3.05, 3.63) is 41.0 Å². The molecular formula is C28H37N5O3S. The van der Waals surface area contributed by atoms with Gasteiger partial charge in [-0.05, 0) is 44.4 Å². The maximum atomic E-state index is 11.4. The van der Waals surface area contributed by atoms with E-state index < -0.39 is 0 Å². The molecule has 3 aromatic rings. The lowest BCUT2D eigenvalue weighted by molar-refractivity contribution is -0.117. The van der Waals surface area contributed by atoms with Crippen LogP contribution in [0.25, 0.3) is 10.9 Å². The lowest BCUT2D eigenvalue weighted by Crippen LogP contribution is -2.36. The molecule has 0 saturated carbocycles. The summed E-state index contributed by atoms with van der Waals surface area (Å²) in [7, 11) is 0. The largest absolute Gasteiger partial charge is 0.491 e. The first kappa shape index (κ1) is 25.9. The normalized spacial score (nSPS) is 17.2. The minimum Gasteiger partial charge on any atom is -0.491 e. The fraction of sp³-hybridized carbons (Fsp3) is 0.536. The molecule has 2 aliphatic rings. The summed E-state index contributed by atoms with van der Waals surface area (Å²) in [4.78, 5) is 28.4. The Bertz CT molecular complexity index is 1210. The van der Waals surface area contributed by atoms with Gasteiger partial charge in [-0.3, -0.25) is 9.88 Å². The summed E-state index contributed by atoms with van der Waals surface area (Å²) in [5, 5.41) is 4.45. The number of carbonyl (C=O) groups excluding carboxylic acids is 1. The third-order valence-corrected chi connectivity index (χ3v) is 7.99. The zero-order valence-electron chi connectivity index (χ0n) is 21.9. The Hall–Kier alpha value is -2.75. The molecule has 8 nitrogen and oxygen atoms in total. The summed E-state index contributed by atoms with van der Waals surface area (Å²) in [5.41, 5.74) is 4.33. The third-order valence-electron chi connectivity index (χ3n) is 7.04. The number of aromatic nitrogens is 2. The number of fused-ring (bicyclic) bond motifs is 1. The molecule has 2 fully saturated rings. The van der Waals surface area contributed by atoms with Crippen molar-refractivity contribution in [3.8, 4) is 5.75 Å². The molecule has 37 heavy (non-hydrogen) atoms. The van der Waals surface area contributed by atoms with Crippen LogP contribution < -0.4 is 14.5 Å². The number of carbonyl (C=O) groups is 1. The van der Waals surface area contributed by atoms with Gasteiger partial charge in [0.05, 0.1) is 31.0 Å². The van der Waals surface area contributed by atoms with Crippen molar-refractivity contribution < 1.29 is 14.3 Å². The minimum atomic E-state index is 0.200. The van der Waals surface area contributed by atoms with E-state index in [4.69, 9.17) is 19.4 Å². The third kappa shape index (κ3) is 6.40. The zero-order chi connectivity index (χ0) is 25.6. The molecule has 2 aliphatic heterocycles. The predicted molar refractivity (Wildman–Crippen MR) is 149 cm³/mol. The molecule has 2 saturated heterocycles. The number of rotatable bonds is 9. The van der Waals surface area contributed by atoms with Gasteiger partial charge in [-0.2, -0.15) is 0 Å². The first-order chi connectivity index (χ1) is 18.1. The van der Waals surface area contributed by atoms with Crippen LogP contribution in [0.5, 0.6) is 5.75 Å². The van der Waals surface area contributed by atoms with Gasteiger partial charge in [0.25, 0.3) is 0 Å². The molecule has 0 N–H and O–H groups in total. The monoisotopic (exact) mass is 523 g/mol. The van der Waals surface area contributed by atoms with Crippen molar-refractivity contribution >= 4 is 38.8 Å². The molecule has 0 unspecified atom stereocenters. The van der Waals surface area contributed by atoms with Gasteiger partial charge in [0.15, 0.2) is 5.13 Å². The standard InChI is InChI=1S/C28H37N5O3S/c1-21-18-23-7-3-8-29-25(23)26(27(21)36-15-4-6-22(2)34)32-10-5-9-31(11-12-32)19-24-20-37-28(30-24)33-13-16-35-17-14-33/h3,7-8,18,20H,4-6,9-17,19H2,1-2H3. The van der Waals surface area contributed by atoms with Gasteiger partial charge in [0, 0.05) is 69.2 Å². The van der Waals surface area contributed by atoms with Crippen LogP contribution in [-0.4, -0.2) is 79.7 Å². The van der Waals surface area contributed by atoms with Gasteiger partial charge in [-0.15, -0.1) is 11.3 Å². The molecule has 4 heterocycles. The summed E-state index contributed by atoms with van der Waals surface area (Å²) < 4.78 is 11.8. The molecule has 0 aliphatic carbocycles. The molecule has 0 atom stereocenters. The van der Waals surface area contributed by atoms with Crippen LogP contribution in [0.2, 0.25) is 0 Å². The number of Topliss-reactive ketones (excluding diaryl/α,β-unsaturated/α-hetero) is 1. The Balaban J connectivity index is 1.30. The van der Waals surface area contributed by atoms with E-state index in [0.29, 0.717) is 13.0 Å². The number of pyridine rings is 1. The Kier molecular flexibility index (Phi) is 8.53. The second kappa shape index (κ2) is 12.2. The number of morpholine rings is 1. The molecule has 0 radical (unpaired) electrons. The summed E-state index contributed by atoms with van der Waals surface area (Å²) in [5.74, 6) is 1.10. The first-order valence-electron chi connectivity index (χ1n) is 13.3. The van der Waals surface area contributed by atoms with Crippen LogP contribution in [0, 0.1) is 6.92 Å². The summed E-state index contributed by atoms with van der Waals surface area (Å²) in [6.45, 7) is 12.4. The number of thiazole rings is 1. The van der Waals surface area contributed by atoms with E-state index in [1.165, 1.54) is 0 Å². The van der Waals surface area contributed by atoms with E-state index in [9.17, 15) is 4.79 Å². The van der Waals surface area contributed by atoms with Crippen molar-refractivity contribution in [1.29, 1.82) is 0 Å². The van der Waals surface area contributed by atoms with Gasteiger partial charge in [0.1, 0.15) is 17.2 Å². The van der Waals surface area contributed by atoms with Crippen LogP contribution in [0.1, 0.15) is 37.4 Å². The highest BCUT2D eigenvalue weighted by Crippen LogP contribution is 2.39. The smallest absolute Gasteiger partial charge is 0.185 e. The van der Waals surface area contributed by atoms with E-state index in [-0.39, 0.29) is 5.78 Å². The summed E-state index contributed by atoms with van der Waals surface area (Å²) in [6.07, 6.45) is 4.19. The maximum Gasteiger partial charge on any atom is 0.185 e. The number of nitrogens with zero attached hydrogens (tertiary/aromatic N) is 5. The van der Waals surface area contributed by atoms with Crippen LogP contribution in [0.15, 0.2) is 29.8 Å². The molecule has 9 heteroatoms. The fourth-order valence-electron chi connectivity index (χ4n) is 5.15. The van der Waals surface area contributed by atoms with Gasteiger partial charge in [-0.25, -0.2) is 4.98 Å². The molecule has 2 aromatic heterocycles. The molecule has 198 valence electrons. The van der Waals surface area contributed by atoms with Crippen LogP contribution >= 0.6 is 11.3 Å². The van der Waals surface area contributed by atoms with Crippen molar-refractivity contribution in [1.82, 2.24) is 14.9 Å². The van der Waals surface area contributed by atoms with E-state index >= 15 is 0 Å². The van der Waals surface area contributed by atoms with E-state index in [0.717, 1.165) is 111 Å². The topological polar surface area (TPSA) is 71.0 Å². The molecular weight excluding hydrogens is 486 g/mol. The first-order valence-corrected chi connectivity index (χ1v) is 14.2. The number of anilines is 2. The predicted octanol–water partition coefficient (Wildman–Crippen LogP) is 4.30. The Morgan fingerprint density at radius 3 is 2.84 bits per heavy atom. The van der Waals surface area contributed by atoms with Crippen molar-refractivity contribution in [2.24, 2.45) is 0 Å². The Morgan fingerprint density at radius 1 is 1.14 bits per heavy atom. The quantitative estimate of drug-likeness (QED) is 0.385. The molecule has 0 spiro atoms. The van der Waals surface area contributed by atoms with Crippen molar-refractivity contribution in [2.75, 3.05) is 68.9 Å². The molecule has 5 rings (SSSR count). The second-order valence-corrected chi connectivity index (χ2v) is 10.8. The van der Waals surface area contributed by atoms with E-state index in [2.05, 4.69) is 39.1 Å².